The van der Waals surface area contributed by atoms with Crippen LogP contribution in [0.3, 0.4) is 0 Å². The summed E-state index contributed by atoms with van der Waals surface area (Å²) in [6, 6.07) is 4.11. The lowest BCUT2D eigenvalue weighted by Gasteiger charge is -2.06. The highest BCUT2D eigenvalue weighted by atomic mass is 35.5. The van der Waals surface area contributed by atoms with Crippen LogP contribution in [0.5, 0.6) is 0 Å². The molecule has 1 rings (SSSR count). The molecule has 1 aromatic carbocycles. The zero-order valence-corrected chi connectivity index (χ0v) is 11.3. The molecule has 0 aromatic heterocycles. The Labute approximate surface area is 115 Å². The SMILES string of the molecule is NC(CCSCCc1cccc(Cl)c1F)C(=O)O. The lowest BCUT2D eigenvalue weighted by molar-refractivity contribution is -0.138. The van der Waals surface area contributed by atoms with Gasteiger partial charge in [0.1, 0.15) is 11.9 Å². The summed E-state index contributed by atoms with van der Waals surface area (Å²) in [5, 5.41) is 8.71. The number of carbonyl (C=O) groups is 1. The Morgan fingerprint density at radius 3 is 2.89 bits per heavy atom. The average molecular weight is 292 g/mol. The van der Waals surface area contributed by atoms with Crippen LogP contribution in [0.1, 0.15) is 12.0 Å². The summed E-state index contributed by atoms with van der Waals surface area (Å²) in [5.74, 6) is -0.00214. The molecular weight excluding hydrogens is 277 g/mol. The standard InChI is InChI=1S/C12H15ClFNO2S/c13-9-3-1-2-8(11(9)14)4-6-18-7-5-10(15)12(16)17/h1-3,10H,4-7,15H2,(H,16,17). The lowest BCUT2D eigenvalue weighted by Crippen LogP contribution is -2.30. The van der Waals surface area contributed by atoms with Gasteiger partial charge in [-0.05, 0) is 36.0 Å². The Hall–Kier alpha value is -0.780. The van der Waals surface area contributed by atoms with E-state index in [1.807, 2.05) is 0 Å². The fourth-order valence-corrected chi connectivity index (χ4v) is 2.54. The maximum absolute atomic E-state index is 13.5. The molecular formula is C12H15ClFNO2S. The van der Waals surface area contributed by atoms with E-state index < -0.39 is 12.0 Å². The molecule has 0 fully saturated rings. The van der Waals surface area contributed by atoms with E-state index in [4.69, 9.17) is 22.4 Å². The molecule has 0 aliphatic carbocycles. The number of hydrogen-bond acceptors (Lipinski definition) is 3. The third kappa shape index (κ3) is 4.84. The van der Waals surface area contributed by atoms with Crippen LogP contribution in [-0.2, 0) is 11.2 Å². The molecule has 0 spiro atoms. The van der Waals surface area contributed by atoms with E-state index in [9.17, 15) is 9.18 Å². The van der Waals surface area contributed by atoms with E-state index in [1.54, 1.807) is 23.9 Å². The quantitative estimate of drug-likeness (QED) is 0.758. The molecule has 1 aromatic rings. The van der Waals surface area contributed by atoms with Crippen LogP contribution < -0.4 is 5.73 Å². The molecule has 6 heteroatoms. The second-order valence-electron chi connectivity index (χ2n) is 3.81. The van der Waals surface area contributed by atoms with Crippen molar-refractivity contribution in [3.05, 3.63) is 34.6 Å². The predicted molar refractivity (Wildman–Crippen MR) is 72.7 cm³/mol. The fourth-order valence-electron chi connectivity index (χ4n) is 1.36. The predicted octanol–water partition coefficient (Wildman–Crippen LogP) is 2.56. The van der Waals surface area contributed by atoms with Gasteiger partial charge in [-0.2, -0.15) is 11.8 Å². The van der Waals surface area contributed by atoms with E-state index in [1.165, 1.54) is 6.07 Å². The van der Waals surface area contributed by atoms with Crippen molar-refractivity contribution < 1.29 is 14.3 Å². The van der Waals surface area contributed by atoms with Crippen LogP contribution >= 0.6 is 23.4 Å². The van der Waals surface area contributed by atoms with Gasteiger partial charge in [0.05, 0.1) is 5.02 Å². The number of carboxylic acids is 1. The van der Waals surface area contributed by atoms with Gasteiger partial charge in [-0.25, -0.2) is 4.39 Å². The molecule has 100 valence electrons. The van der Waals surface area contributed by atoms with Crippen molar-refractivity contribution in [1.82, 2.24) is 0 Å². The number of benzene rings is 1. The second kappa shape index (κ2) is 7.61. The van der Waals surface area contributed by atoms with Crippen LogP contribution in [0.15, 0.2) is 18.2 Å². The molecule has 0 bridgehead atoms. The average Bonchev–Trinajstić information content (AvgIpc) is 2.33. The summed E-state index contributed by atoms with van der Waals surface area (Å²) in [4.78, 5) is 10.5. The van der Waals surface area contributed by atoms with Crippen LogP contribution in [0.25, 0.3) is 0 Å². The highest BCUT2D eigenvalue weighted by Crippen LogP contribution is 2.19. The van der Waals surface area contributed by atoms with Crippen molar-refractivity contribution in [1.29, 1.82) is 0 Å². The van der Waals surface area contributed by atoms with Gasteiger partial charge in [-0.3, -0.25) is 4.79 Å². The smallest absolute Gasteiger partial charge is 0.320 e. The molecule has 3 N–H and O–H groups in total. The zero-order chi connectivity index (χ0) is 13.5. The summed E-state index contributed by atoms with van der Waals surface area (Å²) in [6.45, 7) is 0. The highest BCUT2D eigenvalue weighted by molar-refractivity contribution is 7.99. The first-order valence-electron chi connectivity index (χ1n) is 5.51. The van der Waals surface area contributed by atoms with Crippen molar-refractivity contribution >= 4 is 29.3 Å². The van der Waals surface area contributed by atoms with Gasteiger partial charge >= 0.3 is 5.97 Å². The number of carboxylic acid groups (broad SMARTS) is 1. The number of aliphatic carboxylic acids is 1. The molecule has 0 saturated carbocycles. The van der Waals surface area contributed by atoms with Crippen molar-refractivity contribution in [2.45, 2.75) is 18.9 Å². The van der Waals surface area contributed by atoms with Gasteiger partial charge in [0.2, 0.25) is 0 Å². The topological polar surface area (TPSA) is 63.3 Å². The number of rotatable bonds is 7. The monoisotopic (exact) mass is 291 g/mol. The fraction of sp³-hybridized carbons (Fsp3) is 0.417. The first-order chi connectivity index (χ1) is 8.52. The molecule has 3 nitrogen and oxygen atoms in total. The van der Waals surface area contributed by atoms with Crippen LogP contribution in [0, 0.1) is 5.82 Å². The summed E-state index contributed by atoms with van der Waals surface area (Å²) in [5.41, 5.74) is 5.94. The summed E-state index contributed by atoms with van der Waals surface area (Å²) in [7, 11) is 0. The van der Waals surface area contributed by atoms with Crippen molar-refractivity contribution in [2.75, 3.05) is 11.5 Å². The van der Waals surface area contributed by atoms with Crippen LogP contribution in [0.4, 0.5) is 4.39 Å². The normalized spacial score (nSPS) is 12.4. The van der Waals surface area contributed by atoms with E-state index in [-0.39, 0.29) is 10.8 Å². The minimum atomic E-state index is -0.989. The van der Waals surface area contributed by atoms with Gasteiger partial charge in [0.15, 0.2) is 0 Å². The number of halogens is 2. The first-order valence-corrected chi connectivity index (χ1v) is 7.04. The maximum atomic E-state index is 13.5. The third-order valence-corrected chi connectivity index (χ3v) is 3.75. The molecule has 0 heterocycles. The van der Waals surface area contributed by atoms with Crippen molar-refractivity contribution in [3.8, 4) is 0 Å². The van der Waals surface area contributed by atoms with E-state index in [0.717, 1.165) is 0 Å². The Kier molecular flexibility index (Phi) is 6.46. The van der Waals surface area contributed by atoms with E-state index in [2.05, 4.69) is 0 Å². The number of thioether (sulfide) groups is 1. The zero-order valence-electron chi connectivity index (χ0n) is 9.73. The molecule has 18 heavy (non-hydrogen) atoms. The van der Waals surface area contributed by atoms with Crippen molar-refractivity contribution in [3.63, 3.8) is 0 Å². The Morgan fingerprint density at radius 2 is 2.22 bits per heavy atom. The molecule has 1 atom stereocenters. The van der Waals surface area contributed by atoms with Gasteiger partial charge < -0.3 is 10.8 Å². The van der Waals surface area contributed by atoms with Gasteiger partial charge in [-0.1, -0.05) is 23.7 Å². The molecule has 0 amide bonds. The minimum absolute atomic E-state index is 0.130. The minimum Gasteiger partial charge on any atom is -0.480 e. The summed E-state index contributed by atoms with van der Waals surface area (Å²) < 4.78 is 13.5. The lowest BCUT2D eigenvalue weighted by atomic mass is 10.1. The highest BCUT2D eigenvalue weighted by Gasteiger charge is 2.10. The maximum Gasteiger partial charge on any atom is 0.320 e. The molecule has 0 aliphatic rings. The largest absolute Gasteiger partial charge is 0.480 e. The van der Waals surface area contributed by atoms with Crippen LogP contribution in [-0.4, -0.2) is 28.6 Å². The van der Waals surface area contributed by atoms with Crippen LogP contribution in [0.2, 0.25) is 5.02 Å². The number of nitrogens with two attached hydrogens (primary N) is 1. The Bertz CT molecular complexity index is 417. The summed E-state index contributed by atoms with van der Waals surface area (Å²) in [6.07, 6.45) is 0.984. The molecule has 1 unspecified atom stereocenters. The third-order valence-electron chi connectivity index (χ3n) is 2.44. The van der Waals surface area contributed by atoms with E-state index >= 15 is 0 Å². The number of aryl methyl sites for hydroxylation is 1. The van der Waals surface area contributed by atoms with Gasteiger partial charge in [-0.15, -0.1) is 0 Å². The molecule has 0 radical (unpaired) electrons. The second-order valence-corrected chi connectivity index (χ2v) is 5.44. The van der Waals surface area contributed by atoms with Crippen molar-refractivity contribution in [2.24, 2.45) is 5.73 Å². The number of hydrogen-bond donors (Lipinski definition) is 2. The van der Waals surface area contributed by atoms with E-state index in [0.29, 0.717) is 29.9 Å². The molecule has 0 saturated heterocycles. The summed E-state index contributed by atoms with van der Waals surface area (Å²) >= 11 is 7.22. The first kappa shape index (κ1) is 15.3. The van der Waals surface area contributed by atoms with Gasteiger partial charge in [0.25, 0.3) is 0 Å². The Balaban J connectivity index is 2.26. The molecule has 0 aliphatic heterocycles. The Morgan fingerprint density at radius 1 is 1.50 bits per heavy atom. The van der Waals surface area contributed by atoms with Gasteiger partial charge in [0, 0.05) is 0 Å².